The van der Waals surface area contributed by atoms with Crippen molar-refractivity contribution in [3.63, 3.8) is 0 Å². The zero-order valence-electron chi connectivity index (χ0n) is 11.9. The van der Waals surface area contributed by atoms with E-state index in [0.29, 0.717) is 6.61 Å². The van der Waals surface area contributed by atoms with Crippen molar-refractivity contribution in [1.29, 1.82) is 0 Å². The van der Waals surface area contributed by atoms with Gasteiger partial charge in [0.05, 0.1) is 0 Å². The van der Waals surface area contributed by atoms with Crippen LogP contribution in [-0.4, -0.2) is 18.3 Å². The first-order chi connectivity index (χ1) is 10.3. The average Bonchev–Trinajstić information content (AvgIpc) is 2.51. The Bertz CT molecular complexity index is 543. The summed E-state index contributed by atoms with van der Waals surface area (Å²) in [5.74, 6) is 0.842. The zero-order chi connectivity index (χ0) is 14.9. The highest BCUT2D eigenvalue weighted by molar-refractivity contribution is 6.30. The highest BCUT2D eigenvalue weighted by atomic mass is 35.5. The predicted molar refractivity (Wildman–Crippen MR) is 85.6 cm³/mol. The lowest BCUT2D eigenvalue weighted by Gasteiger charge is -2.08. The zero-order valence-corrected chi connectivity index (χ0v) is 12.6. The molecule has 0 bridgehead atoms. The molecule has 2 aromatic carbocycles. The Morgan fingerprint density at radius 3 is 2.57 bits per heavy atom. The van der Waals surface area contributed by atoms with Gasteiger partial charge in [-0.15, -0.1) is 0 Å². The van der Waals surface area contributed by atoms with E-state index in [2.05, 4.69) is 5.32 Å². The fraction of sp³-hybridized carbons (Fsp3) is 0.294. The summed E-state index contributed by atoms with van der Waals surface area (Å²) in [5.41, 5.74) is 2.25. The van der Waals surface area contributed by atoms with Crippen LogP contribution >= 0.6 is 11.6 Å². The molecule has 3 nitrogen and oxygen atoms in total. The second kappa shape index (κ2) is 8.67. The minimum Gasteiger partial charge on any atom is -0.489 e. The van der Waals surface area contributed by atoms with Gasteiger partial charge in [-0.2, -0.15) is 0 Å². The van der Waals surface area contributed by atoms with E-state index in [4.69, 9.17) is 21.4 Å². The molecule has 0 aromatic heterocycles. The smallest absolute Gasteiger partial charge is 0.119 e. The molecular weight excluding hydrogens is 286 g/mol. The van der Waals surface area contributed by atoms with Crippen molar-refractivity contribution < 1.29 is 9.84 Å². The molecule has 112 valence electrons. The number of rotatable bonds is 8. The molecule has 2 N–H and O–H groups in total. The lowest BCUT2D eigenvalue weighted by Crippen LogP contribution is -2.15. The standard InChI is InChI=1S/C17H20ClNO2/c18-16-4-1-3-15(11-16)13-21-17-7-5-14(6-8-17)12-19-9-2-10-20/h1,3-8,11,19-20H,2,9-10,12-13H2. The number of hydrogen-bond donors (Lipinski definition) is 2. The lowest BCUT2D eigenvalue weighted by molar-refractivity contribution is 0.286. The van der Waals surface area contributed by atoms with Crippen LogP contribution in [0.15, 0.2) is 48.5 Å². The summed E-state index contributed by atoms with van der Waals surface area (Å²) in [4.78, 5) is 0. The molecule has 0 radical (unpaired) electrons. The normalized spacial score (nSPS) is 10.6. The Morgan fingerprint density at radius 1 is 1.05 bits per heavy atom. The van der Waals surface area contributed by atoms with Crippen LogP contribution in [0, 0.1) is 0 Å². The van der Waals surface area contributed by atoms with Gasteiger partial charge >= 0.3 is 0 Å². The summed E-state index contributed by atoms with van der Waals surface area (Å²) in [5, 5.41) is 12.7. The van der Waals surface area contributed by atoms with E-state index in [1.54, 1.807) is 0 Å². The molecule has 2 aromatic rings. The Morgan fingerprint density at radius 2 is 1.86 bits per heavy atom. The van der Waals surface area contributed by atoms with Gasteiger partial charge in [-0.3, -0.25) is 0 Å². The highest BCUT2D eigenvalue weighted by Crippen LogP contribution is 2.16. The molecule has 4 heteroatoms. The van der Waals surface area contributed by atoms with Crippen molar-refractivity contribution in [3.8, 4) is 5.75 Å². The van der Waals surface area contributed by atoms with Gasteiger partial charge in [0.25, 0.3) is 0 Å². The van der Waals surface area contributed by atoms with Crippen LogP contribution in [0.5, 0.6) is 5.75 Å². The summed E-state index contributed by atoms with van der Waals surface area (Å²) in [6, 6.07) is 15.7. The quantitative estimate of drug-likeness (QED) is 0.735. The molecule has 2 rings (SSSR count). The SMILES string of the molecule is OCCCNCc1ccc(OCc2cccc(Cl)c2)cc1. The molecule has 0 saturated heterocycles. The number of benzene rings is 2. The monoisotopic (exact) mass is 305 g/mol. The highest BCUT2D eigenvalue weighted by Gasteiger charge is 1.98. The van der Waals surface area contributed by atoms with Crippen LogP contribution < -0.4 is 10.1 Å². The van der Waals surface area contributed by atoms with Gasteiger partial charge < -0.3 is 15.2 Å². The molecule has 0 aliphatic heterocycles. The van der Waals surface area contributed by atoms with Crippen molar-refractivity contribution in [2.75, 3.05) is 13.2 Å². The summed E-state index contributed by atoms with van der Waals surface area (Å²) in [6.07, 6.45) is 0.779. The molecule has 0 amide bonds. The van der Waals surface area contributed by atoms with E-state index in [0.717, 1.165) is 35.8 Å². The van der Waals surface area contributed by atoms with Gasteiger partial charge in [0.2, 0.25) is 0 Å². The topological polar surface area (TPSA) is 41.5 Å². The molecule has 0 atom stereocenters. The van der Waals surface area contributed by atoms with Crippen molar-refractivity contribution >= 4 is 11.6 Å². The second-order valence-corrected chi connectivity index (χ2v) is 5.25. The molecular formula is C17H20ClNO2. The van der Waals surface area contributed by atoms with Gasteiger partial charge in [0, 0.05) is 18.2 Å². The van der Waals surface area contributed by atoms with Gasteiger partial charge in [-0.25, -0.2) is 0 Å². The molecule has 0 aliphatic rings. The van der Waals surface area contributed by atoms with Crippen LogP contribution in [-0.2, 0) is 13.2 Å². The summed E-state index contributed by atoms with van der Waals surface area (Å²) in [7, 11) is 0. The summed E-state index contributed by atoms with van der Waals surface area (Å²) >= 11 is 5.94. The van der Waals surface area contributed by atoms with Crippen LogP contribution in [0.25, 0.3) is 0 Å². The van der Waals surface area contributed by atoms with Crippen LogP contribution in [0.2, 0.25) is 5.02 Å². The van der Waals surface area contributed by atoms with Crippen molar-refractivity contribution in [3.05, 3.63) is 64.7 Å². The minimum absolute atomic E-state index is 0.225. The molecule has 0 unspecified atom stereocenters. The van der Waals surface area contributed by atoms with E-state index in [1.165, 1.54) is 5.56 Å². The first-order valence-corrected chi connectivity index (χ1v) is 7.43. The number of hydrogen-bond acceptors (Lipinski definition) is 3. The van der Waals surface area contributed by atoms with E-state index < -0.39 is 0 Å². The summed E-state index contributed by atoms with van der Waals surface area (Å²) in [6.45, 7) is 2.36. The largest absolute Gasteiger partial charge is 0.489 e. The third-order valence-electron chi connectivity index (χ3n) is 3.06. The lowest BCUT2D eigenvalue weighted by atomic mass is 10.2. The third-order valence-corrected chi connectivity index (χ3v) is 3.29. The minimum atomic E-state index is 0.225. The van der Waals surface area contributed by atoms with Gasteiger partial charge in [0.15, 0.2) is 0 Å². The number of aliphatic hydroxyl groups is 1. The van der Waals surface area contributed by atoms with Crippen LogP contribution in [0.1, 0.15) is 17.5 Å². The van der Waals surface area contributed by atoms with E-state index in [9.17, 15) is 0 Å². The number of ether oxygens (including phenoxy) is 1. The van der Waals surface area contributed by atoms with Crippen molar-refractivity contribution in [2.24, 2.45) is 0 Å². The van der Waals surface area contributed by atoms with Gasteiger partial charge in [0.1, 0.15) is 12.4 Å². The number of halogens is 1. The van der Waals surface area contributed by atoms with Crippen LogP contribution in [0.3, 0.4) is 0 Å². The number of nitrogens with one attached hydrogen (secondary N) is 1. The fourth-order valence-electron chi connectivity index (χ4n) is 1.93. The Labute approximate surface area is 130 Å². The maximum Gasteiger partial charge on any atom is 0.119 e. The molecule has 0 aliphatic carbocycles. The summed E-state index contributed by atoms with van der Waals surface area (Å²) < 4.78 is 5.73. The Balaban J connectivity index is 1.79. The first-order valence-electron chi connectivity index (χ1n) is 7.05. The van der Waals surface area contributed by atoms with E-state index in [1.807, 2.05) is 48.5 Å². The van der Waals surface area contributed by atoms with Crippen molar-refractivity contribution in [1.82, 2.24) is 5.32 Å². The molecule has 0 saturated carbocycles. The third kappa shape index (κ3) is 5.76. The van der Waals surface area contributed by atoms with Gasteiger partial charge in [-0.05, 0) is 48.4 Å². The Hall–Kier alpha value is -1.55. The van der Waals surface area contributed by atoms with Gasteiger partial charge in [-0.1, -0.05) is 35.9 Å². The maximum atomic E-state index is 8.71. The molecule has 0 fully saturated rings. The molecule has 21 heavy (non-hydrogen) atoms. The van der Waals surface area contributed by atoms with E-state index >= 15 is 0 Å². The first kappa shape index (κ1) is 15.8. The van der Waals surface area contributed by atoms with E-state index in [-0.39, 0.29) is 6.61 Å². The average molecular weight is 306 g/mol. The second-order valence-electron chi connectivity index (χ2n) is 4.82. The molecule has 0 spiro atoms. The predicted octanol–water partition coefficient (Wildman–Crippen LogP) is 3.39. The van der Waals surface area contributed by atoms with Crippen molar-refractivity contribution in [2.45, 2.75) is 19.6 Å². The molecule has 0 heterocycles. The van der Waals surface area contributed by atoms with Crippen LogP contribution in [0.4, 0.5) is 0 Å². The maximum absolute atomic E-state index is 8.71. The number of aliphatic hydroxyl groups excluding tert-OH is 1. The fourth-order valence-corrected chi connectivity index (χ4v) is 2.15. The Kier molecular flexibility index (Phi) is 6.54.